The zero-order valence-corrected chi connectivity index (χ0v) is 21.9. The zero-order chi connectivity index (χ0) is 27.6. The number of carbonyl (C=O) groups excluding carboxylic acids is 2. The Morgan fingerprint density at radius 2 is 1.69 bits per heavy atom. The first kappa shape index (κ1) is 26.4. The van der Waals surface area contributed by atoms with Gasteiger partial charge in [-0.05, 0) is 38.1 Å². The van der Waals surface area contributed by atoms with E-state index in [4.69, 9.17) is 36.3 Å². The maximum Gasteiger partial charge on any atom is 0.338 e. The second-order valence-corrected chi connectivity index (χ2v) is 9.79. The summed E-state index contributed by atoms with van der Waals surface area (Å²) in [5.41, 5.74) is 7.31. The number of nitrogens with zero attached hydrogens (tertiary/aromatic N) is 4. The van der Waals surface area contributed by atoms with Crippen LogP contribution in [0.25, 0.3) is 11.2 Å². The molecule has 4 atom stereocenters. The van der Waals surface area contributed by atoms with Crippen LogP contribution in [0.1, 0.15) is 40.8 Å². The summed E-state index contributed by atoms with van der Waals surface area (Å²) >= 11 is 7.09. The van der Waals surface area contributed by atoms with Crippen LogP contribution < -0.4 is 10.5 Å². The van der Waals surface area contributed by atoms with Crippen molar-refractivity contribution in [2.45, 2.75) is 37.2 Å². The van der Waals surface area contributed by atoms with Crippen molar-refractivity contribution >= 4 is 40.7 Å². The smallest absolute Gasteiger partial charge is 0.338 e. The van der Waals surface area contributed by atoms with E-state index in [1.165, 1.54) is 6.33 Å². The third kappa shape index (κ3) is 5.23. The second-order valence-electron chi connectivity index (χ2n) is 8.98. The number of halogens is 1. The molecular formula is C27H26ClN5O6. The fourth-order valence-electron chi connectivity index (χ4n) is 4.42. The van der Waals surface area contributed by atoms with Crippen LogP contribution in [0.5, 0.6) is 5.88 Å². The van der Waals surface area contributed by atoms with E-state index in [-0.39, 0.29) is 18.4 Å². The number of carbonyl (C=O) groups is 2. The van der Waals surface area contributed by atoms with E-state index >= 15 is 0 Å². The van der Waals surface area contributed by atoms with Gasteiger partial charge in [0.05, 0.1) is 24.1 Å². The molecule has 39 heavy (non-hydrogen) atoms. The highest BCUT2D eigenvalue weighted by atomic mass is 35.5. The molecule has 2 aromatic carbocycles. The SMILES string of the molecule is CCOc1nc(N)nc2c1ncn2[C@@H]1O[C@H](COC(=O)c2ccccc2)[C@@H](OC(=O)c2ccccc2)[C@@]1(C)Cl. The minimum absolute atomic E-state index is 0.0256. The number of nitrogens with two attached hydrogens (primary N) is 1. The van der Waals surface area contributed by atoms with E-state index < -0.39 is 35.2 Å². The van der Waals surface area contributed by atoms with Crippen molar-refractivity contribution in [1.82, 2.24) is 19.5 Å². The van der Waals surface area contributed by atoms with Crippen LogP contribution in [0.4, 0.5) is 5.95 Å². The lowest BCUT2D eigenvalue weighted by Gasteiger charge is -2.29. The summed E-state index contributed by atoms with van der Waals surface area (Å²) < 4.78 is 24.9. The topological polar surface area (TPSA) is 141 Å². The van der Waals surface area contributed by atoms with E-state index in [0.29, 0.717) is 28.9 Å². The van der Waals surface area contributed by atoms with Crippen LogP contribution in [0, 0.1) is 0 Å². The van der Waals surface area contributed by atoms with Crippen molar-refractivity contribution in [2.75, 3.05) is 18.9 Å². The Hall–Kier alpha value is -4.22. The Kier molecular flexibility index (Phi) is 7.36. The highest BCUT2D eigenvalue weighted by Crippen LogP contribution is 2.46. The van der Waals surface area contributed by atoms with Crippen molar-refractivity contribution in [3.63, 3.8) is 0 Å². The molecule has 0 radical (unpaired) electrons. The Balaban J connectivity index is 1.48. The van der Waals surface area contributed by atoms with Crippen LogP contribution in [0.3, 0.4) is 0 Å². The molecule has 2 aromatic heterocycles. The average Bonchev–Trinajstić information content (AvgIpc) is 3.46. The third-order valence-electron chi connectivity index (χ3n) is 6.25. The highest BCUT2D eigenvalue weighted by Gasteiger charge is 2.57. The van der Waals surface area contributed by atoms with Crippen LogP contribution in [0.15, 0.2) is 67.0 Å². The molecule has 11 nitrogen and oxygen atoms in total. The summed E-state index contributed by atoms with van der Waals surface area (Å²) in [4.78, 5) is 37.2. The van der Waals surface area contributed by atoms with E-state index in [2.05, 4.69) is 15.0 Å². The molecule has 1 aliphatic heterocycles. The zero-order valence-electron chi connectivity index (χ0n) is 21.2. The van der Waals surface area contributed by atoms with Gasteiger partial charge in [-0.1, -0.05) is 36.4 Å². The first-order chi connectivity index (χ1) is 18.8. The summed E-state index contributed by atoms with van der Waals surface area (Å²) in [6, 6.07) is 17.0. The molecule has 0 bridgehead atoms. The van der Waals surface area contributed by atoms with Gasteiger partial charge in [-0.3, -0.25) is 4.57 Å². The van der Waals surface area contributed by atoms with Gasteiger partial charge in [0.25, 0.3) is 0 Å². The first-order valence-electron chi connectivity index (χ1n) is 12.2. The Labute approximate surface area is 228 Å². The molecule has 202 valence electrons. The number of nitrogen functional groups attached to an aromatic ring is 1. The van der Waals surface area contributed by atoms with Crippen molar-refractivity contribution in [1.29, 1.82) is 0 Å². The summed E-state index contributed by atoms with van der Waals surface area (Å²) in [6.45, 7) is 3.59. The largest absolute Gasteiger partial charge is 0.476 e. The van der Waals surface area contributed by atoms with Gasteiger partial charge < -0.3 is 24.7 Å². The molecular weight excluding hydrogens is 526 g/mol. The molecule has 0 unspecified atom stereocenters. The molecule has 1 aliphatic rings. The number of ether oxygens (including phenoxy) is 4. The maximum atomic E-state index is 13.0. The van der Waals surface area contributed by atoms with Crippen molar-refractivity contribution in [3.05, 3.63) is 78.1 Å². The van der Waals surface area contributed by atoms with Gasteiger partial charge in [-0.15, -0.1) is 11.6 Å². The fraction of sp³-hybridized carbons (Fsp3) is 0.296. The number of rotatable bonds is 8. The van der Waals surface area contributed by atoms with Crippen molar-refractivity contribution < 1.29 is 28.5 Å². The van der Waals surface area contributed by atoms with Gasteiger partial charge in [0.1, 0.15) is 17.6 Å². The molecule has 12 heteroatoms. The van der Waals surface area contributed by atoms with Crippen molar-refractivity contribution in [3.8, 4) is 5.88 Å². The fourth-order valence-corrected chi connectivity index (χ4v) is 4.76. The van der Waals surface area contributed by atoms with Gasteiger partial charge in [0.2, 0.25) is 11.8 Å². The quantitative estimate of drug-likeness (QED) is 0.254. The van der Waals surface area contributed by atoms with Crippen LogP contribution >= 0.6 is 11.6 Å². The van der Waals surface area contributed by atoms with Gasteiger partial charge in [-0.25, -0.2) is 14.6 Å². The number of esters is 2. The molecule has 3 heterocycles. The average molecular weight is 552 g/mol. The van der Waals surface area contributed by atoms with Gasteiger partial charge in [-0.2, -0.15) is 9.97 Å². The van der Waals surface area contributed by atoms with Crippen LogP contribution in [-0.2, 0) is 14.2 Å². The van der Waals surface area contributed by atoms with E-state index in [1.54, 1.807) is 72.2 Å². The predicted octanol–water partition coefficient (Wildman–Crippen LogP) is 3.78. The maximum absolute atomic E-state index is 13.0. The molecule has 4 aromatic rings. The predicted molar refractivity (Wildman–Crippen MR) is 141 cm³/mol. The van der Waals surface area contributed by atoms with E-state index in [0.717, 1.165) is 0 Å². The Bertz CT molecular complexity index is 1480. The standard InChI is InChI=1S/C27H26ClN5O6/c1-3-36-22-19-21(31-26(29)32-22)33(15-30-19)25-27(2,28)20(39-24(35)17-12-8-5-9-13-17)18(38-25)14-37-23(34)16-10-6-4-7-11-16/h4-13,15,18,20,25H,3,14H2,1-2H3,(H2,29,31,32)/t18-,20-,25-,27-/m1/s1. The van der Waals surface area contributed by atoms with Crippen LogP contribution in [-0.4, -0.2) is 61.8 Å². The summed E-state index contributed by atoms with van der Waals surface area (Å²) in [7, 11) is 0. The lowest BCUT2D eigenvalue weighted by Crippen LogP contribution is -2.43. The third-order valence-corrected chi connectivity index (χ3v) is 6.65. The number of alkyl halides is 1. The Morgan fingerprint density at radius 1 is 1.05 bits per heavy atom. The monoisotopic (exact) mass is 551 g/mol. The molecule has 1 fully saturated rings. The summed E-state index contributed by atoms with van der Waals surface area (Å²) in [5.74, 6) is -0.963. The van der Waals surface area contributed by atoms with E-state index in [1.807, 2.05) is 6.92 Å². The molecule has 0 aliphatic carbocycles. The van der Waals surface area contributed by atoms with Gasteiger partial charge in [0.15, 0.2) is 23.5 Å². The lowest BCUT2D eigenvalue weighted by molar-refractivity contribution is -0.0565. The highest BCUT2D eigenvalue weighted by molar-refractivity contribution is 6.24. The minimum Gasteiger partial charge on any atom is -0.476 e. The summed E-state index contributed by atoms with van der Waals surface area (Å²) in [6.07, 6.45) is -1.41. The van der Waals surface area contributed by atoms with Crippen molar-refractivity contribution in [2.24, 2.45) is 0 Å². The lowest BCUT2D eigenvalue weighted by atomic mass is 10.0. The van der Waals surface area contributed by atoms with Gasteiger partial charge in [0, 0.05) is 0 Å². The second kappa shape index (κ2) is 10.9. The first-order valence-corrected chi connectivity index (χ1v) is 12.6. The number of aromatic nitrogens is 4. The molecule has 2 N–H and O–H groups in total. The number of imidazole rings is 1. The van der Waals surface area contributed by atoms with Crippen LogP contribution in [0.2, 0.25) is 0 Å². The minimum atomic E-state index is -1.34. The summed E-state index contributed by atoms with van der Waals surface area (Å²) in [5, 5.41) is 0. The number of benzene rings is 2. The molecule has 0 spiro atoms. The Morgan fingerprint density at radius 3 is 2.33 bits per heavy atom. The molecule has 0 amide bonds. The normalized spacial score (nSPS) is 22.5. The van der Waals surface area contributed by atoms with E-state index in [9.17, 15) is 9.59 Å². The molecule has 5 rings (SSSR count). The molecule has 0 saturated carbocycles. The number of hydrogen-bond acceptors (Lipinski definition) is 10. The number of fused-ring (bicyclic) bond motifs is 1. The number of hydrogen-bond donors (Lipinski definition) is 1. The number of anilines is 1. The molecule has 1 saturated heterocycles. The van der Waals surface area contributed by atoms with Gasteiger partial charge >= 0.3 is 11.9 Å².